The quantitative estimate of drug-likeness (QED) is 0.790. The molecule has 0 bridgehead atoms. The topological polar surface area (TPSA) is 12.0 Å². The molecule has 80 valence electrons. The van der Waals surface area contributed by atoms with Gasteiger partial charge in [0.05, 0.1) is 0 Å². The lowest BCUT2D eigenvalue weighted by Gasteiger charge is -2.27. The Morgan fingerprint density at radius 2 is 1.87 bits per heavy atom. The van der Waals surface area contributed by atoms with Crippen molar-refractivity contribution in [3.8, 4) is 0 Å². The molecule has 1 N–H and O–H groups in total. The van der Waals surface area contributed by atoms with Crippen LogP contribution in [0.3, 0.4) is 0 Å². The van der Waals surface area contributed by atoms with Gasteiger partial charge in [0.2, 0.25) is 0 Å². The molecule has 0 aromatic heterocycles. The van der Waals surface area contributed by atoms with E-state index >= 15 is 0 Å². The van der Waals surface area contributed by atoms with Gasteiger partial charge in [-0.3, -0.25) is 0 Å². The van der Waals surface area contributed by atoms with Crippen LogP contribution in [0.5, 0.6) is 0 Å². The lowest BCUT2D eigenvalue weighted by Crippen LogP contribution is -2.39. The van der Waals surface area contributed by atoms with E-state index in [9.17, 15) is 0 Å². The van der Waals surface area contributed by atoms with Crippen molar-refractivity contribution in [3.05, 3.63) is 35.9 Å². The molecule has 1 aromatic rings. The summed E-state index contributed by atoms with van der Waals surface area (Å²) in [5, 5.41) is 3.57. The molecule has 0 amide bonds. The third-order valence-electron chi connectivity index (χ3n) is 4.14. The van der Waals surface area contributed by atoms with Gasteiger partial charge >= 0.3 is 0 Å². The highest BCUT2D eigenvalue weighted by molar-refractivity contribution is 5.34. The predicted octanol–water partition coefficient (Wildman–Crippen LogP) is 2.72. The molecule has 15 heavy (non-hydrogen) atoms. The van der Waals surface area contributed by atoms with Gasteiger partial charge in [0.25, 0.3) is 0 Å². The first-order chi connectivity index (χ1) is 7.37. The third kappa shape index (κ3) is 1.50. The summed E-state index contributed by atoms with van der Waals surface area (Å²) < 4.78 is 0. The van der Waals surface area contributed by atoms with Gasteiger partial charge in [-0.1, -0.05) is 30.3 Å². The molecule has 1 atom stereocenters. The molecule has 2 fully saturated rings. The largest absolute Gasteiger partial charge is 0.316 e. The van der Waals surface area contributed by atoms with Crippen LogP contribution in [0.25, 0.3) is 0 Å². The summed E-state index contributed by atoms with van der Waals surface area (Å²) >= 11 is 0. The maximum atomic E-state index is 3.57. The maximum absolute atomic E-state index is 3.57. The van der Waals surface area contributed by atoms with E-state index in [0.29, 0.717) is 5.41 Å². The summed E-state index contributed by atoms with van der Waals surface area (Å²) in [7, 11) is 2.13. The van der Waals surface area contributed by atoms with Crippen LogP contribution in [-0.4, -0.2) is 13.1 Å². The number of likely N-dealkylation sites (N-methyl/N-ethyl adjacent to an activating group) is 1. The standard InChI is InChI=1S/C14H19N/c1-15-13(11-7-8-11)14(9-10-14)12-5-3-2-4-6-12/h2-6,11,13,15H,7-10H2,1H3. The Balaban J connectivity index is 1.89. The normalized spacial score (nSPS) is 24.9. The first kappa shape index (κ1) is 9.41. The van der Waals surface area contributed by atoms with E-state index in [2.05, 4.69) is 42.7 Å². The zero-order valence-electron chi connectivity index (χ0n) is 9.37. The lowest BCUT2D eigenvalue weighted by atomic mass is 9.85. The average molecular weight is 201 g/mol. The lowest BCUT2D eigenvalue weighted by molar-refractivity contribution is 0.401. The van der Waals surface area contributed by atoms with Crippen LogP contribution < -0.4 is 5.32 Å². The molecule has 2 saturated carbocycles. The van der Waals surface area contributed by atoms with E-state index in [-0.39, 0.29) is 0 Å². The molecule has 0 saturated heterocycles. The van der Waals surface area contributed by atoms with Crippen molar-refractivity contribution >= 4 is 0 Å². The van der Waals surface area contributed by atoms with Gasteiger partial charge in [0.15, 0.2) is 0 Å². The molecule has 3 rings (SSSR count). The Kier molecular flexibility index (Phi) is 2.10. The zero-order valence-corrected chi connectivity index (χ0v) is 9.37. The summed E-state index contributed by atoms with van der Waals surface area (Å²) in [5.41, 5.74) is 2.04. The summed E-state index contributed by atoms with van der Waals surface area (Å²) in [6, 6.07) is 11.8. The van der Waals surface area contributed by atoms with Gasteiger partial charge in [0.1, 0.15) is 0 Å². The predicted molar refractivity (Wildman–Crippen MR) is 62.9 cm³/mol. The van der Waals surface area contributed by atoms with Gasteiger partial charge < -0.3 is 5.32 Å². The van der Waals surface area contributed by atoms with Crippen molar-refractivity contribution in [3.63, 3.8) is 0 Å². The van der Waals surface area contributed by atoms with Crippen LogP contribution in [-0.2, 0) is 5.41 Å². The summed E-state index contributed by atoms with van der Waals surface area (Å²) in [6.45, 7) is 0. The third-order valence-corrected chi connectivity index (χ3v) is 4.14. The molecule has 0 radical (unpaired) electrons. The molecule has 1 unspecified atom stereocenters. The minimum atomic E-state index is 0.483. The van der Waals surface area contributed by atoms with E-state index in [1.807, 2.05) is 0 Å². The van der Waals surface area contributed by atoms with E-state index in [1.54, 1.807) is 5.56 Å². The van der Waals surface area contributed by atoms with E-state index < -0.39 is 0 Å². The Morgan fingerprint density at radius 3 is 2.33 bits per heavy atom. The molecule has 0 heterocycles. The van der Waals surface area contributed by atoms with Crippen molar-refractivity contribution in [1.82, 2.24) is 5.32 Å². The van der Waals surface area contributed by atoms with Crippen LogP contribution >= 0.6 is 0 Å². The molecule has 0 spiro atoms. The minimum absolute atomic E-state index is 0.483. The van der Waals surface area contributed by atoms with Crippen molar-refractivity contribution < 1.29 is 0 Å². The highest BCUT2D eigenvalue weighted by Gasteiger charge is 2.54. The number of hydrogen-bond donors (Lipinski definition) is 1. The number of nitrogens with one attached hydrogen (secondary N) is 1. The first-order valence-corrected chi connectivity index (χ1v) is 6.09. The van der Waals surface area contributed by atoms with Gasteiger partial charge in [0, 0.05) is 11.5 Å². The molecule has 1 aromatic carbocycles. The Hall–Kier alpha value is -0.820. The van der Waals surface area contributed by atoms with Crippen molar-refractivity contribution in [2.75, 3.05) is 7.05 Å². The molecular formula is C14H19N. The second kappa shape index (κ2) is 3.34. The maximum Gasteiger partial charge on any atom is 0.0189 e. The second-order valence-electron chi connectivity index (χ2n) is 5.13. The van der Waals surface area contributed by atoms with E-state index in [4.69, 9.17) is 0 Å². The van der Waals surface area contributed by atoms with Gasteiger partial charge in [-0.25, -0.2) is 0 Å². The van der Waals surface area contributed by atoms with E-state index in [0.717, 1.165) is 12.0 Å². The monoisotopic (exact) mass is 201 g/mol. The zero-order chi connectivity index (χ0) is 10.3. The first-order valence-electron chi connectivity index (χ1n) is 6.09. The summed E-state index contributed by atoms with van der Waals surface area (Å²) in [6.07, 6.45) is 5.61. The summed E-state index contributed by atoms with van der Waals surface area (Å²) in [4.78, 5) is 0. The number of rotatable bonds is 4. The second-order valence-corrected chi connectivity index (χ2v) is 5.13. The molecule has 1 heteroatoms. The molecule has 0 aliphatic heterocycles. The highest BCUT2D eigenvalue weighted by atomic mass is 14.9. The van der Waals surface area contributed by atoms with Crippen LogP contribution in [0.2, 0.25) is 0 Å². The van der Waals surface area contributed by atoms with Gasteiger partial charge in [-0.05, 0) is 44.2 Å². The van der Waals surface area contributed by atoms with Gasteiger partial charge in [-0.2, -0.15) is 0 Å². The van der Waals surface area contributed by atoms with Crippen LogP contribution in [0.1, 0.15) is 31.2 Å². The van der Waals surface area contributed by atoms with Crippen LogP contribution in [0, 0.1) is 5.92 Å². The minimum Gasteiger partial charge on any atom is -0.316 e. The van der Waals surface area contributed by atoms with Gasteiger partial charge in [-0.15, -0.1) is 0 Å². The molecule has 2 aliphatic carbocycles. The fourth-order valence-corrected chi connectivity index (χ4v) is 3.08. The Bertz CT molecular complexity index is 336. The molecule has 1 nitrogen and oxygen atoms in total. The van der Waals surface area contributed by atoms with E-state index in [1.165, 1.54) is 25.7 Å². The van der Waals surface area contributed by atoms with Crippen LogP contribution in [0.4, 0.5) is 0 Å². The highest BCUT2D eigenvalue weighted by Crippen LogP contribution is 2.56. The van der Waals surface area contributed by atoms with Crippen LogP contribution in [0.15, 0.2) is 30.3 Å². The number of benzene rings is 1. The molecule has 2 aliphatic rings. The fourth-order valence-electron chi connectivity index (χ4n) is 3.08. The fraction of sp³-hybridized carbons (Fsp3) is 0.571. The Labute approximate surface area is 91.9 Å². The van der Waals surface area contributed by atoms with Crippen molar-refractivity contribution in [2.24, 2.45) is 5.92 Å². The average Bonchev–Trinajstić information content (AvgIpc) is 3.15. The Morgan fingerprint density at radius 1 is 1.20 bits per heavy atom. The van der Waals surface area contributed by atoms with Crippen molar-refractivity contribution in [2.45, 2.75) is 37.1 Å². The smallest absolute Gasteiger partial charge is 0.0189 e. The van der Waals surface area contributed by atoms with Crippen molar-refractivity contribution in [1.29, 1.82) is 0 Å². The SMILES string of the molecule is CNC(C1CC1)C1(c2ccccc2)CC1. The summed E-state index contributed by atoms with van der Waals surface area (Å²) in [5.74, 6) is 0.942. The number of hydrogen-bond acceptors (Lipinski definition) is 1. The molecular weight excluding hydrogens is 182 g/mol.